The highest BCUT2D eigenvalue weighted by atomic mass is 19.1. The summed E-state index contributed by atoms with van der Waals surface area (Å²) in [5, 5.41) is 5.48. The van der Waals surface area contributed by atoms with Gasteiger partial charge in [-0.2, -0.15) is 0 Å². The summed E-state index contributed by atoms with van der Waals surface area (Å²) in [5.74, 6) is -0.00546. The second-order valence-electron chi connectivity index (χ2n) is 6.81. The molecule has 0 saturated carbocycles. The number of rotatable bonds is 8. The normalized spacial score (nSPS) is 10.9. The predicted octanol–water partition coefficient (Wildman–Crippen LogP) is 2.80. The zero-order valence-corrected chi connectivity index (χ0v) is 16.5. The van der Waals surface area contributed by atoms with Crippen molar-refractivity contribution in [2.45, 2.75) is 26.9 Å². The van der Waals surface area contributed by atoms with Gasteiger partial charge in [0.1, 0.15) is 11.2 Å². The molecular weight excluding hydrogens is 363 g/mol. The molecule has 2 rings (SSSR count). The monoisotopic (exact) mass is 388 g/mol. The molecule has 7 heteroatoms. The summed E-state index contributed by atoms with van der Waals surface area (Å²) in [6.45, 7) is 3.56. The Kier molecular flexibility index (Phi) is 6.98. The first-order valence-electron chi connectivity index (χ1n) is 8.80. The van der Waals surface area contributed by atoms with Crippen molar-refractivity contribution in [2.24, 2.45) is 5.41 Å². The zero-order valence-electron chi connectivity index (χ0n) is 16.5. The number of ether oxygens (including phenoxy) is 2. The van der Waals surface area contributed by atoms with E-state index < -0.39 is 17.2 Å². The van der Waals surface area contributed by atoms with E-state index in [0.717, 1.165) is 11.1 Å². The summed E-state index contributed by atoms with van der Waals surface area (Å²) in [5.41, 5.74) is 0.293. The van der Waals surface area contributed by atoms with Gasteiger partial charge in [-0.3, -0.25) is 9.59 Å². The number of amides is 2. The highest BCUT2D eigenvalue weighted by molar-refractivity contribution is 6.04. The van der Waals surface area contributed by atoms with Crippen molar-refractivity contribution in [1.29, 1.82) is 0 Å². The Balaban J connectivity index is 1.94. The summed E-state index contributed by atoms with van der Waals surface area (Å²) in [6.07, 6.45) is 0. The molecule has 150 valence electrons. The fraction of sp³-hybridized carbons (Fsp3) is 0.333. The van der Waals surface area contributed by atoms with Gasteiger partial charge in [0.2, 0.25) is 11.8 Å². The van der Waals surface area contributed by atoms with Crippen molar-refractivity contribution in [1.82, 2.24) is 10.6 Å². The number of carbonyl (C=O) groups is 2. The van der Waals surface area contributed by atoms with Gasteiger partial charge in [0, 0.05) is 13.1 Å². The molecule has 0 bridgehead atoms. The Morgan fingerprint density at radius 2 is 1.36 bits per heavy atom. The van der Waals surface area contributed by atoms with E-state index in [9.17, 15) is 14.0 Å². The van der Waals surface area contributed by atoms with Crippen LogP contribution in [0, 0.1) is 11.2 Å². The van der Waals surface area contributed by atoms with Crippen LogP contribution in [0.25, 0.3) is 0 Å². The van der Waals surface area contributed by atoms with E-state index in [2.05, 4.69) is 10.6 Å². The van der Waals surface area contributed by atoms with Gasteiger partial charge >= 0.3 is 0 Å². The Bertz CT molecular complexity index is 835. The molecule has 0 saturated heterocycles. The minimum atomic E-state index is -1.27. The molecule has 2 aromatic carbocycles. The topological polar surface area (TPSA) is 76.7 Å². The van der Waals surface area contributed by atoms with E-state index in [1.54, 1.807) is 45.2 Å². The maximum Gasteiger partial charge on any atom is 0.235 e. The third-order valence-electron chi connectivity index (χ3n) is 4.40. The lowest BCUT2D eigenvalue weighted by Gasteiger charge is -2.23. The smallest absolute Gasteiger partial charge is 0.235 e. The third kappa shape index (κ3) is 5.22. The quantitative estimate of drug-likeness (QED) is 0.682. The number of carbonyl (C=O) groups excluding carboxylic acids is 2. The van der Waals surface area contributed by atoms with Crippen LogP contribution in [0.15, 0.2) is 42.5 Å². The molecule has 0 aromatic heterocycles. The molecule has 2 amide bonds. The van der Waals surface area contributed by atoms with E-state index >= 15 is 0 Å². The van der Waals surface area contributed by atoms with E-state index in [1.165, 1.54) is 19.2 Å². The average molecular weight is 388 g/mol. The Morgan fingerprint density at radius 3 is 1.89 bits per heavy atom. The van der Waals surface area contributed by atoms with E-state index in [4.69, 9.17) is 9.47 Å². The summed E-state index contributed by atoms with van der Waals surface area (Å²) in [4.78, 5) is 25.0. The maximum absolute atomic E-state index is 12.9. The van der Waals surface area contributed by atoms with Gasteiger partial charge in [-0.25, -0.2) is 4.39 Å². The summed E-state index contributed by atoms with van der Waals surface area (Å²) < 4.78 is 23.4. The molecule has 0 unspecified atom stereocenters. The Morgan fingerprint density at radius 1 is 0.857 bits per heavy atom. The molecule has 0 atom stereocenters. The molecule has 0 aliphatic heterocycles. The molecule has 0 spiro atoms. The summed E-state index contributed by atoms with van der Waals surface area (Å²) >= 11 is 0. The lowest BCUT2D eigenvalue weighted by Crippen LogP contribution is -2.47. The SMILES string of the molecule is COc1ccc(CNC(=O)C(C)(C)C(=O)NCc2ccc(F)cc2)cc1OC. The molecule has 28 heavy (non-hydrogen) atoms. The second kappa shape index (κ2) is 9.21. The third-order valence-corrected chi connectivity index (χ3v) is 4.40. The Labute approximate surface area is 164 Å². The molecule has 0 heterocycles. The average Bonchev–Trinajstić information content (AvgIpc) is 2.70. The van der Waals surface area contributed by atoms with Crippen LogP contribution in [0.4, 0.5) is 4.39 Å². The van der Waals surface area contributed by atoms with Crippen LogP contribution in [-0.4, -0.2) is 26.0 Å². The van der Waals surface area contributed by atoms with Gasteiger partial charge in [-0.05, 0) is 49.2 Å². The number of halogens is 1. The first kappa shape index (κ1) is 21.2. The van der Waals surface area contributed by atoms with Crippen molar-refractivity contribution >= 4 is 11.8 Å². The van der Waals surface area contributed by atoms with Crippen molar-refractivity contribution < 1.29 is 23.5 Å². The van der Waals surface area contributed by atoms with Gasteiger partial charge in [-0.1, -0.05) is 18.2 Å². The van der Waals surface area contributed by atoms with Gasteiger partial charge in [0.25, 0.3) is 0 Å². The van der Waals surface area contributed by atoms with Crippen LogP contribution in [-0.2, 0) is 22.7 Å². The van der Waals surface area contributed by atoms with Crippen molar-refractivity contribution in [3.8, 4) is 11.5 Å². The number of benzene rings is 2. The molecule has 0 radical (unpaired) electrons. The molecule has 2 aromatic rings. The van der Waals surface area contributed by atoms with Crippen LogP contribution in [0.1, 0.15) is 25.0 Å². The van der Waals surface area contributed by atoms with Crippen LogP contribution < -0.4 is 20.1 Å². The first-order chi connectivity index (χ1) is 13.3. The largest absolute Gasteiger partial charge is 0.493 e. The van der Waals surface area contributed by atoms with Crippen molar-refractivity contribution in [2.75, 3.05) is 14.2 Å². The highest BCUT2D eigenvalue weighted by Crippen LogP contribution is 2.27. The first-order valence-corrected chi connectivity index (χ1v) is 8.80. The molecule has 0 fully saturated rings. The van der Waals surface area contributed by atoms with Crippen LogP contribution in [0.5, 0.6) is 11.5 Å². The molecular formula is C21H25FN2O4. The van der Waals surface area contributed by atoms with E-state index in [-0.39, 0.29) is 18.9 Å². The number of methoxy groups -OCH3 is 2. The van der Waals surface area contributed by atoms with Gasteiger partial charge in [-0.15, -0.1) is 0 Å². The van der Waals surface area contributed by atoms with Gasteiger partial charge in [0.05, 0.1) is 14.2 Å². The molecule has 2 N–H and O–H groups in total. The standard InChI is InChI=1S/C21H25FN2O4/c1-21(2,19(25)23-12-14-5-8-16(22)9-6-14)20(26)24-13-15-7-10-17(27-3)18(11-15)28-4/h5-11H,12-13H2,1-4H3,(H,23,25)(H,24,26). The van der Waals surface area contributed by atoms with Crippen LogP contribution >= 0.6 is 0 Å². The van der Waals surface area contributed by atoms with Crippen LogP contribution in [0.2, 0.25) is 0 Å². The molecule has 6 nitrogen and oxygen atoms in total. The number of hydrogen-bond acceptors (Lipinski definition) is 4. The highest BCUT2D eigenvalue weighted by Gasteiger charge is 2.35. The predicted molar refractivity (Wildman–Crippen MR) is 103 cm³/mol. The van der Waals surface area contributed by atoms with Crippen molar-refractivity contribution in [3.05, 3.63) is 59.4 Å². The summed E-state index contributed by atoms with van der Waals surface area (Å²) in [6, 6.07) is 11.1. The van der Waals surface area contributed by atoms with Crippen molar-refractivity contribution in [3.63, 3.8) is 0 Å². The second-order valence-corrected chi connectivity index (χ2v) is 6.81. The van der Waals surface area contributed by atoms with Gasteiger partial charge < -0.3 is 20.1 Å². The van der Waals surface area contributed by atoms with E-state index in [1.807, 2.05) is 6.07 Å². The van der Waals surface area contributed by atoms with Crippen LogP contribution in [0.3, 0.4) is 0 Å². The zero-order chi connectivity index (χ0) is 20.7. The maximum atomic E-state index is 12.9. The summed E-state index contributed by atoms with van der Waals surface area (Å²) in [7, 11) is 3.08. The number of nitrogens with one attached hydrogen (secondary N) is 2. The van der Waals surface area contributed by atoms with Gasteiger partial charge in [0.15, 0.2) is 11.5 Å². The number of hydrogen-bond donors (Lipinski definition) is 2. The minimum Gasteiger partial charge on any atom is -0.493 e. The lowest BCUT2D eigenvalue weighted by atomic mass is 9.91. The minimum absolute atomic E-state index is 0.214. The lowest BCUT2D eigenvalue weighted by molar-refractivity contribution is -0.141. The fourth-order valence-corrected chi connectivity index (χ4v) is 2.50. The molecule has 0 aliphatic rings. The Hall–Kier alpha value is -3.09. The van der Waals surface area contributed by atoms with E-state index in [0.29, 0.717) is 11.5 Å². The fourth-order valence-electron chi connectivity index (χ4n) is 2.50. The molecule has 0 aliphatic carbocycles.